The van der Waals surface area contributed by atoms with Crippen molar-refractivity contribution >= 4 is 27.3 Å². The molecule has 0 aliphatic heterocycles. The third-order valence-corrected chi connectivity index (χ3v) is 4.51. The van der Waals surface area contributed by atoms with Crippen LogP contribution in [0, 0.1) is 5.82 Å². The molecule has 1 unspecified atom stereocenters. The number of halogens is 2. The topological polar surface area (TPSA) is 81.4 Å². The molecule has 0 bridgehead atoms. The van der Waals surface area contributed by atoms with Crippen molar-refractivity contribution < 1.29 is 17.5 Å². The molecule has 1 aromatic carbocycles. The first kappa shape index (κ1) is 16.2. The molecule has 0 aromatic heterocycles. The Kier molecular flexibility index (Phi) is 5.54. The number of hydrogen-bond donors (Lipinski definition) is 2. The number of rotatable bonds is 6. The Morgan fingerprint density at radius 2 is 2.16 bits per heavy atom. The van der Waals surface area contributed by atoms with Gasteiger partial charge in [0.2, 0.25) is 10.0 Å². The number of nitrogens with two attached hydrogens (primary N) is 1. The average Bonchev–Trinajstić information content (AvgIpc) is 2.32. The van der Waals surface area contributed by atoms with Crippen LogP contribution >= 0.6 is 11.6 Å². The lowest BCUT2D eigenvalue weighted by Crippen LogP contribution is -2.37. The summed E-state index contributed by atoms with van der Waals surface area (Å²) in [6.45, 7) is 2.04. The summed E-state index contributed by atoms with van der Waals surface area (Å²) in [5.41, 5.74) is 5.08. The molecule has 1 atom stereocenters. The molecule has 1 rings (SSSR count). The van der Waals surface area contributed by atoms with Gasteiger partial charge in [0.25, 0.3) is 0 Å². The van der Waals surface area contributed by atoms with E-state index < -0.39 is 21.9 Å². The van der Waals surface area contributed by atoms with Crippen LogP contribution in [-0.4, -0.2) is 28.2 Å². The molecule has 3 N–H and O–H groups in total. The van der Waals surface area contributed by atoms with E-state index in [0.29, 0.717) is 6.42 Å². The van der Waals surface area contributed by atoms with E-state index in [-0.39, 0.29) is 22.2 Å². The van der Waals surface area contributed by atoms with Gasteiger partial charge in [-0.15, -0.1) is 0 Å². The quantitative estimate of drug-likeness (QED) is 0.785. The minimum absolute atomic E-state index is 0.216. The van der Waals surface area contributed by atoms with E-state index in [4.69, 9.17) is 22.1 Å². The van der Waals surface area contributed by atoms with Gasteiger partial charge in [-0.3, -0.25) is 0 Å². The number of nitrogen functional groups attached to an aromatic ring is 1. The van der Waals surface area contributed by atoms with Gasteiger partial charge in [-0.1, -0.05) is 18.5 Å². The standard InChI is InChI=1S/C11H16ClFN2O3S/c1-3-7(6-18-2)15-19(16,17)11-5-10(14)9(13)4-8(11)12/h4-5,7,15H,3,6,14H2,1-2H3. The SMILES string of the molecule is CCC(COC)NS(=O)(=O)c1cc(N)c(F)cc1Cl. The molecule has 0 saturated carbocycles. The highest BCUT2D eigenvalue weighted by Gasteiger charge is 2.23. The van der Waals surface area contributed by atoms with Crippen molar-refractivity contribution in [3.63, 3.8) is 0 Å². The first-order valence-corrected chi connectivity index (χ1v) is 7.43. The first-order chi connectivity index (χ1) is 8.81. The van der Waals surface area contributed by atoms with Crippen molar-refractivity contribution in [1.29, 1.82) is 0 Å². The molecule has 0 radical (unpaired) electrons. The summed E-state index contributed by atoms with van der Waals surface area (Å²) in [4.78, 5) is -0.248. The fraction of sp³-hybridized carbons (Fsp3) is 0.455. The van der Waals surface area contributed by atoms with Gasteiger partial charge in [-0.2, -0.15) is 0 Å². The average molecular weight is 311 g/mol. The first-order valence-electron chi connectivity index (χ1n) is 5.57. The normalized spacial score (nSPS) is 13.5. The number of sulfonamides is 1. The van der Waals surface area contributed by atoms with E-state index in [2.05, 4.69) is 4.72 Å². The Labute approximate surface area is 116 Å². The fourth-order valence-electron chi connectivity index (χ4n) is 1.47. The molecule has 5 nitrogen and oxygen atoms in total. The highest BCUT2D eigenvalue weighted by atomic mass is 35.5. The van der Waals surface area contributed by atoms with Crippen LogP contribution in [0.4, 0.5) is 10.1 Å². The van der Waals surface area contributed by atoms with E-state index in [9.17, 15) is 12.8 Å². The molecule has 8 heteroatoms. The molecular weight excluding hydrogens is 295 g/mol. The molecule has 108 valence electrons. The van der Waals surface area contributed by atoms with Crippen LogP contribution in [0.15, 0.2) is 17.0 Å². The number of ether oxygens (including phenoxy) is 1. The second-order valence-electron chi connectivity index (χ2n) is 3.99. The van der Waals surface area contributed by atoms with Gasteiger partial charge >= 0.3 is 0 Å². The van der Waals surface area contributed by atoms with Crippen molar-refractivity contribution in [2.24, 2.45) is 0 Å². The van der Waals surface area contributed by atoms with E-state index in [1.807, 2.05) is 6.92 Å². The number of methoxy groups -OCH3 is 1. The van der Waals surface area contributed by atoms with Gasteiger partial charge in [0, 0.05) is 13.2 Å². The number of benzene rings is 1. The van der Waals surface area contributed by atoms with Gasteiger partial charge in [-0.05, 0) is 18.6 Å². The minimum Gasteiger partial charge on any atom is -0.396 e. The molecule has 0 fully saturated rings. The summed E-state index contributed by atoms with van der Waals surface area (Å²) < 4.78 is 44.8. The Balaban J connectivity index is 3.10. The van der Waals surface area contributed by atoms with E-state index in [1.54, 1.807) is 0 Å². The molecule has 1 aromatic rings. The third kappa shape index (κ3) is 4.04. The van der Waals surface area contributed by atoms with Crippen LogP contribution in [0.1, 0.15) is 13.3 Å². The van der Waals surface area contributed by atoms with Crippen LogP contribution in [0.5, 0.6) is 0 Å². The van der Waals surface area contributed by atoms with Crippen molar-refractivity contribution in [2.75, 3.05) is 19.5 Å². The summed E-state index contributed by atoms with van der Waals surface area (Å²) in [5, 5.41) is -0.216. The summed E-state index contributed by atoms with van der Waals surface area (Å²) in [6, 6.07) is 1.49. The summed E-state index contributed by atoms with van der Waals surface area (Å²) in [6.07, 6.45) is 0.543. The molecule has 0 spiro atoms. The maximum absolute atomic E-state index is 13.2. The van der Waals surface area contributed by atoms with Crippen molar-refractivity contribution in [3.05, 3.63) is 23.0 Å². The molecule has 0 aliphatic carbocycles. The zero-order valence-corrected chi connectivity index (χ0v) is 12.2. The summed E-state index contributed by atoms with van der Waals surface area (Å²) in [5.74, 6) is -0.757. The van der Waals surface area contributed by atoms with E-state index in [0.717, 1.165) is 12.1 Å². The third-order valence-electron chi connectivity index (χ3n) is 2.52. The van der Waals surface area contributed by atoms with E-state index in [1.165, 1.54) is 7.11 Å². The Hall–Kier alpha value is -0.890. The van der Waals surface area contributed by atoms with Crippen LogP contribution in [0.3, 0.4) is 0 Å². The highest BCUT2D eigenvalue weighted by Crippen LogP contribution is 2.26. The monoisotopic (exact) mass is 310 g/mol. The number of nitrogens with one attached hydrogen (secondary N) is 1. The van der Waals surface area contributed by atoms with E-state index >= 15 is 0 Å². The minimum atomic E-state index is -3.87. The maximum atomic E-state index is 13.2. The zero-order chi connectivity index (χ0) is 14.6. The lowest BCUT2D eigenvalue weighted by Gasteiger charge is -2.17. The molecule has 0 saturated heterocycles. The number of hydrogen-bond acceptors (Lipinski definition) is 4. The lowest BCUT2D eigenvalue weighted by atomic mass is 10.3. The highest BCUT2D eigenvalue weighted by molar-refractivity contribution is 7.89. The molecule has 0 heterocycles. The summed E-state index contributed by atoms with van der Waals surface area (Å²) >= 11 is 5.74. The Morgan fingerprint density at radius 3 is 2.68 bits per heavy atom. The van der Waals surface area contributed by atoms with Crippen LogP contribution in [0.2, 0.25) is 5.02 Å². The predicted molar refractivity (Wildman–Crippen MR) is 72.1 cm³/mol. The van der Waals surface area contributed by atoms with Crippen LogP contribution in [0.25, 0.3) is 0 Å². The van der Waals surface area contributed by atoms with Crippen molar-refractivity contribution in [1.82, 2.24) is 4.72 Å². The summed E-state index contributed by atoms with van der Waals surface area (Å²) in [7, 11) is -2.40. The largest absolute Gasteiger partial charge is 0.396 e. The predicted octanol–water partition coefficient (Wildman–Crippen LogP) is 1.76. The van der Waals surface area contributed by atoms with Crippen molar-refractivity contribution in [3.8, 4) is 0 Å². The molecule has 19 heavy (non-hydrogen) atoms. The maximum Gasteiger partial charge on any atom is 0.242 e. The second-order valence-corrected chi connectivity index (χ2v) is 6.08. The zero-order valence-electron chi connectivity index (χ0n) is 10.6. The van der Waals surface area contributed by atoms with Crippen LogP contribution in [-0.2, 0) is 14.8 Å². The van der Waals surface area contributed by atoms with Gasteiger partial charge in [0.05, 0.1) is 17.3 Å². The molecule has 0 amide bonds. The lowest BCUT2D eigenvalue weighted by molar-refractivity contribution is 0.173. The van der Waals surface area contributed by atoms with Crippen LogP contribution < -0.4 is 10.5 Å². The van der Waals surface area contributed by atoms with Gasteiger partial charge < -0.3 is 10.5 Å². The Morgan fingerprint density at radius 1 is 1.53 bits per heavy atom. The molecular formula is C11H16ClFN2O3S. The number of anilines is 1. The van der Waals surface area contributed by atoms with Crippen molar-refractivity contribution in [2.45, 2.75) is 24.3 Å². The van der Waals surface area contributed by atoms with Gasteiger partial charge in [0.15, 0.2) is 0 Å². The molecule has 0 aliphatic rings. The van der Waals surface area contributed by atoms with Gasteiger partial charge in [-0.25, -0.2) is 17.5 Å². The van der Waals surface area contributed by atoms with Gasteiger partial charge in [0.1, 0.15) is 10.7 Å². The fourth-order valence-corrected chi connectivity index (χ4v) is 3.32. The second kappa shape index (κ2) is 6.51. The Bertz CT molecular complexity index is 551. The smallest absolute Gasteiger partial charge is 0.242 e.